The SMILES string of the molecule is FC(F)(F)c1cnc(N/N=C\c2ccccc2)c(Cl)c1. The second-order valence-corrected chi connectivity index (χ2v) is 4.24. The van der Waals surface area contributed by atoms with E-state index in [1.165, 1.54) is 6.21 Å². The minimum atomic E-state index is -4.47. The van der Waals surface area contributed by atoms with Gasteiger partial charge in [-0.25, -0.2) is 4.98 Å². The van der Waals surface area contributed by atoms with Crippen LogP contribution in [0.3, 0.4) is 0 Å². The van der Waals surface area contributed by atoms with E-state index in [1.54, 1.807) is 0 Å². The highest BCUT2D eigenvalue weighted by Crippen LogP contribution is 2.32. The van der Waals surface area contributed by atoms with Gasteiger partial charge in [0, 0.05) is 6.20 Å². The molecule has 0 aliphatic rings. The summed E-state index contributed by atoms with van der Waals surface area (Å²) in [6.45, 7) is 0. The van der Waals surface area contributed by atoms with Crippen molar-refractivity contribution in [1.82, 2.24) is 4.98 Å². The first-order chi connectivity index (χ1) is 9.47. The highest BCUT2D eigenvalue weighted by atomic mass is 35.5. The normalized spacial score (nSPS) is 11.8. The topological polar surface area (TPSA) is 37.3 Å². The maximum atomic E-state index is 12.4. The molecule has 7 heteroatoms. The Morgan fingerprint density at radius 1 is 1.20 bits per heavy atom. The number of hydrogen-bond donors (Lipinski definition) is 1. The first-order valence-corrected chi connectivity index (χ1v) is 5.91. The van der Waals surface area contributed by atoms with E-state index in [4.69, 9.17) is 11.6 Å². The molecule has 1 aromatic carbocycles. The number of alkyl halides is 3. The zero-order chi connectivity index (χ0) is 14.6. The number of nitrogens with zero attached hydrogens (tertiary/aromatic N) is 2. The van der Waals surface area contributed by atoms with Crippen LogP contribution in [-0.2, 0) is 6.18 Å². The molecule has 1 heterocycles. The average Bonchev–Trinajstić information content (AvgIpc) is 2.40. The molecular formula is C13H9ClF3N3. The van der Waals surface area contributed by atoms with Gasteiger partial charge in [0.1, 0.15) is 0 Å². The molecule has 1 N–H and O–H groups in total. The van der Waals surface area contributed by atoms with Crippen LogP contribution in [0.25, 0.3) is 0 Å². The Balaban J connectivity index is 2.09. The van der Waals surface area contributed by atoms with E-state index in [-0.39, 0.29) is 10.8 Å². The molecule has 2 rings (SSSR count). The Morgan fingerprint density at radius 2 is 1.90 bits per heavy atom. The van der Waals surface area contributed by atoms with Gasteiger partial charge < -0.3 is 0 Å². The van der Waals surface area contributed by atoms with E-state index in [2.05, 4.69) is 15.5 Å². The number of pyridine rings is 1. The Morgan fingerprint density at radius 3 is 2.50 bits per heavy atom. The van der Waals surface area contributed by atoms with Crippen molar-refractivity contribution < 1.29 is 13.2 Å². The van der Waals surface area contributed by atoms with Crippen LogP contribution in [0, 0.1) is 0 Å². The molecule has 0 amide bonds. The first-order valence-electron chi connectivity index (χ1n) is 5.53. The van der Waals surface area contributed by atoms with Gasteiger partial charge in [-0.05, 0) is 11.6 Å². The van der Waals surface area contributed by atoms with Gasteiger partial charge in [-0.2, -0.15) is 18.3 Å². The third-order valence-electron chi connectivity index (χ3n) is 2.35. The van der Waals surface area contributed by atoms with Crippen molar-refractivity contribution in [2.45, 2.75) is 6.18 Å². The van der Waals surface area contributed by atoms with Crippen molar-refractivity contribution in [3.05, 3.63) is 58.7 Å². The van der Waals surface area contributed by atoms with Crippen LogP contribution >= 0.6 is 11.6 Å². The number of nitrogens with one attached hydrogen (secondary N) is 1. The van der Waals surface area contributed by atoms with Crippen LogP contribution in [0.4, 0.5) is 19.0 Å². The molecule has 0 aliphatic carbocycles. The predicted molar refractivity (Wildman–Crippen MR) is 71.9 cm³/mol. The summed E-state index contributed by atoms with van der Waals surface area (Å²) >= 11 is 5.72. The molecule has 0 unspecified atom stereocenters. The van der Waals surface area contributed by atoms with Crippen molar-refractivity contribution in [1.29, 1.82) is 0 Å². The zero-order valence-electron chi connectivity index (χ0n) is 10.0. The Kier molecular flexibility index (Phi) is 4.24. The molecular weight excluding hydrogens is 291 g/mol. The summed E-state index contributed by atoms with van der Waals surface area (Å²) in [7, 11) is 0. The highest BCUT2D eigenvalue weighted by molar-refractivity contribution is 6.32. The minimum Gasteiger partial charge on any atom is -0.260 e. The summed E-state index contributed by atoms with van der Waals surface area (Å²) in [5.41, 5.74) is 2.43. The fraction of sp³-hybridized carbons (Fsp3) is 0.0769. The van der Waals surface area contributed by atoms with Crippen LogP contribution < -0.4 is 5.43 Å². The maximum absolute atomic E-state index is 12.4. The Hall–Kier alpha value is -2.08. The number of hydrazone groups is 1. The molecule has 2 aromatic rings. The molecule has 0 radical (unpaired) electrons. The fourth-order valence-corrected chi connectivity index (χ4v) is 1.59. The van der Waals surface area contributed by atoms with E-state index < -0.39 is 11.7 Å². The molecule has 0 aliphatic heterocycles. The van der Waals surface area contributed by atoms with Gasteiger partial charge in [-0.1, -0.05) is 41.9 Å². The van der Waals surface area contributed by atoms with Crippen molar-refractivity contribution in [3.63, 3.8) is 0 Å². The molecule has 0 saturated heterocycles. The first kappa shape index (κ1) is 14.3. The maximum Gasteiger partial charge on any atom is 0.417 e. The smallest absolute Gasteiger partial charge is 0.260 e. The van der Waals surface area contributed by atoms with Gasteiger partial charge in [-0.3, -0.25) is 5.43 Å². The van der Waals surface area contributed by atoms with E-state index in [0.717, 1.165) is 11.6 Å². The second-order valence-electron chi connectivity index (χ2n) is 3.83. The minimum absolute atomic E-state index is 0.0619. The lowest BCUT2D eigenvalue weighted by molar-refractivity contribution is -0.137. The van der Waals surface area contributed by atoms with Gasteiger partial charge >= 0.3 is 6.18 Å². The van der Waals surface area contributed by atoms with Crippen LogP contribution in [0.5, 0.6) is 0 Å². The largest absolute Gasteiger partial charge is 0.417 e. The molecule has 104 valence electrons. The highest BCUT2D eigenvalue weighted by Gasteiger charge is 2.31. The molecule has 20 heavy (non-hydrogen) atoms. The third-order valence-corrected chi connectivity index (χ3v) is 2.64. The van der Waals surface area contributed by atoms with Crippen LogP contribution in [0.15, 0.2) is 47.7 Å². The lowest BCUT2D eigenvalue weighted by Crippen LogP contribution is -2.06. The molecule has 0 saturated carbocycles. The van der Waals surface area contributed by atoms with E-state index in [0.29, 0.717) is 6.20 Å². The molecule has 1 aromatic heterocycles. The van der Waals surface area contributed by atoms with Gasteiger partial charge in [0.15, 0.2) is 5.82 Å². The van der Waals surface area contributed by atoms with Crippen LogP contribution in [0.2, 0.25) is 5.02 Å². The number of halogens is 4. The lowest BCUT2D eigenvalue weighted by Gasteiger charge is -2.08. The van der Waals surface area contributed by atoms with E-state index in [9.17, 15) is 13.2 Å². The van der Waals surface area contributed by atoms with E-state index in [1.807, 2.05) is 30.3 Å². The fourth-order valence-electron chi connectivity index (χ4n) is 1.38. The Labute approximate surface area is 118 Å². The zero-order valence-corrected chi connectivity index (χ0v) is 10.8. The standard InChI is InChI=1S/C13H9ClF3N3/c14-11-6-10(13(15,16)17)8-18-12(11)20-19-7-9-4-2-1-3-5-9/h1-8H,(H,18,20)/b19-7-. The van der Waals surface area contributed by atoms with Gasteiger partial charge in [-0.15, -0.1) is 0 Å². The predicted octanol–water partition coefficient (Wildman–Crippen LogP) is 4.20. The van der Waals surface area contributed by atoms with Gasteiger partial charge in [0.2, 0.25) is 0 Å². The van der Waals surface area contributed by atoms with Crippen molar-refractivity contribution in [3.8, 4) is 0 Å². The number of anilines is 1. The van der Waals surface area contributed by atoms with Crippen molar-refractivity contribution in [2.24, 2.45) is 5.10 Å². The average molecular weight is 300 g/mol. The summed E-state index contributed by atoms with van der Waals surface area (Å²) in [6, 6.07) is 9.99. The van der Waals surface area contributed by atoms with Crippen LogP contribution in [-0.4, -0.2) is 11.2 Å². The molecule has 3 nitrogen and oxygen atoms in total. The number of aromatic nitrogens is 1. The van der Waals surface area contributed by atoms with Gasteiger partial charge in [0.25, 0.3) is 0 Å². The van der Waals surface area contributed by atoms with E-state index >= 15 is 0 Å². The third kappa shape index (κ3) is 3.71. The summed E-state index contributed by atoms with van der Waals surface area (Å²) in [6.07, 6.45) is -2.26. The molecule has 0 bridgehead atoms. The summed E-state index contributed by atoms with van der Waals surface area (Å²) < 4.78 is 37.3. The number of benzene rings is 1. The molecule has 0 fully saturated rings. The van der Waals surface area contributed by atoms with Crippen molar-refractivity contribution >= 4 is 23.6 Å². The Bertz CT molecular complexity index is 612. The summed E-state index contributed by atoms with van der Waals surface area (Å²) in [4.78, 5) is 3.60. The number of hydrogen-bond acceptors (Lipinski definition) is 3. The lowest BCUT2D eigenvalue weighted by atomic mass is 10.2. The summed E-state index contributed by atoms with van der Waals surface area (Å²) in [5.74, 6) is 0.0619. The quantitative estimate of drug-likeness (QED) is 0.681. The van der Waals surface area contributed by atoms with Crippen LogP contribution in [0.1, 0.15) is 11.1 Å². The number of rotatable bonds is 3. The molecule has 0 spiro atoms. The summed E-state index contributed by atoms with van der Waals surface area (Å²) in [5, 5.41) is 3.71. The van der Waals surface area contributed by atoms with Gasteiger partial charge in [0.05, 0.1) is 16.8 Å². The molecule has 0 atom stereocenters. The van der Waals surface area contributed by atoms with Crippen molar-refractivity contribution in [2.75, 3.05) is 5.43 Å². The monoisotopic (exact) mass is 299 g/mol. The second kappa shape index (κ2) is 5.92.